The van der Waals surface area contributed by atoms with E-state index in [1.807, 2.05) is 19.9 Å². The van der Waals surface area contributed by atoms with Crippen molar-refractivity contribution in [3.63, 3.8) is 0 Å². The summed E-state index contributed by atoms with van der Waals surface area (Å²) in [5.74, 6) is 0.742. The SMILES string of the molecule is C=CC1CC12C=C(C)C(=O)C(C)=C2. The van der Waals surface area contributed by atoms with Gasteiger partial charge < -0.3 is 0 Å². The minimum Gasteiger partial charge on any atom is -0.289 e. The lowest BCUT2D eigenvalue weighted by molar-refractivity contribution is -0.112. The number of carbonyl (C=O) groups is 1. The van der Waals surface area contributed by atoms with E-state index in [0.29, 0.717) is 5.92 Å². The van der Waals surface area contributed by atoms with E-state index in [1.54, 1.807) is 0 Å². The molecule has 0 radical (unpaired) electrons. The van der Waals surface area contributed by atoms with E-state index in [1.165, 1.54) is 0 Å². The molecule has 0 bridgehead atoms. The first-order valence-corrected chi connectivity index (χ1v) is 4.65. The van der Waals surface area contributed by atoms with E-state index in [9.17, 15) is 4.79 Å². The molecule has 13 heavy (non-hydrogen) atoms. The molecule has 1 saturated carbocycles. The molecule has 0 N–H and O–H groups in total. The molecule has 0 heterocycles. The molecule has 0 saturated heterocycles. The van der Waals surface area contributed by atoms with Crippen LogP contribution in [0, 0.1) is 11.3 Å². The van der Waals surface area contributed by atoms with Gasteiger partial charge in [0.05, 0.1) is 0 Å². The number of allylic oxidation sites excluding steroid dienone is 5. The summed E-state index contributed by atoms with van der Waals surface area (Å²) in [6, 6.07) is 0. The largest absolute Gasteiger partial charge is 0.289 e. The first kappa shape index (κ1) is 8.49. The van der Waals surface area contributed by atoms with E-state index < -0.39 is 0 Å². The van der Waals surface area contributed by atoms with Crippen molar-refractivity contribution in [3.8, 4) is 0 Å². The molecule has 2 aliphatic rings. The molecule has 0 aromatic rings. The van der Waals surface area contributed by atoms with Crippen molar-refractivity contribution in [2.75, 3.05) is 0 Å². The Morgan fingerprint density at radius 3 is 2.38 bits per heavy atom. The molecule has 1 unspecified atom stereocenters. The van der Waals surface area contributed by atoms with E-state index in [2.05, 4.69) is 18.7 Å². The van der Waals surface area contributed by atoms with Crippen molar-refractivity contribution >= 4 is 5.78 Å². The van der Waals surface area contributed by atoms with Crippen LogP contribution in [0.15, 0.2) is 36.0 Å². The summed E-state index contributed by atoms with van der Waals surface area (Å²) in [7, 11) is 0. The lowest BCUT2D eigenvalue weighted by atomic mass is 9.88. The Balaban J connectivity index is 2.36. The van der Waals surface area contributed by atoms with Crippen LogP contribution in [0.4, 0.5) is 0 Å². The summed E-state index contributed by atoms with van der Waals surface area (Å²) in [4.78, 5) is 11.5. The summed E-state index contributed by atoms with van der Waals surface area (Å²) >= 11 is 0. The average molecular weight is 174 g/mol. The lowest BCUT2D eigenvalue weighted by Crippen LogP contribution is -2.12. The molecule has 1 heteroatoms. The first-order valence-electron chi connectivity index (χ1n) is 4.65. The molecule has 2 rings (SSSR count). The molecule has 1 spiro atoms. The highest BCUT2D eigenvalue weighted by Gasteiger charge is 2.50. The van der Waals surface area contributed by atoms with E-state index in [4.69, 9.17) is 0 Å². The Morgan fingerprint density at radius 1 is 1.46 bits per heavy atom. The second kappa shape index (κ2) is 2.44. The Labute approximate surface area is 78.8 Å². The fourth-order valence-corrected chi connectivity index (χ4v) is 2.25. The predicted octanol–water partition coefficient (Wildman–Crippen LogP) is 2.65. The van der Waals surface area contributed by atoms with Gasteiger partial charge in [-0.3, -0.25) is 4.79 Å². The Hall–Kier alpha value is -1.11. The maximum absolute atomic E-state index is 11.5. The number of hydrogen-bond acceptors (Lipinski definition) is 1. The maximum Gasteiger partial charge on any atom is 0.183 e. The number of Topliss-reactive ketones (excluding diaryl/α,β-unsaturated/α-hetero) is 1. The van der Waals surface area contributed by atoms with Gasteiger partial charge in [-0.15, -0.1) is 6.58 Å². The van der Waals surface area contributed by atoms with Gasteiger partial charge in [0.25, 0.3) is 0 Å². The molecule has 1 atom stereocenters. The minimum absolute atomic E-state index is 0.157. The smallest absolute Gasteiger partial charge is 0.183 e. The Morgan fingerprint density at radius 2 is 2.00 bits per heavy atom. The lowest BCUT2D eigenvalue weighted by Gasteiger charge is -2.15. The van der Waals surface area contributed by atoms with Gasteiger partial charge in [0, 0.05) is 5.41 Å². The summed E-state index contributed by atoms with van der Waals surface area (Å²) < 4.78 is 0. The third-order valence-electron chi connectivity index (χ3n) is 3.07. The van der Waals surface area contributed by atoms with E-state index >= 15 is 0 Å². The normalized spacial score (nSPS) is 29.7. The van der Waals surface area contributed by atoms with Crippen LogP contribution in [0.2, 0.25) is 0 Å². The zero-order chi connectivity index (χ0) is 9.64. The zero-order valence-electron chi connectivity index (χ0n) is 8.13. The molecule has 68 valence electrons. The molecule has 0 aromatic heterocycles. The second-order valence-corrected chi connectivity index (χ2v) is 4.14. The van der Waals surface area contributed by atoms with Gasteiger partial charge in [0.15, 0.2) is 5.78 Å². The maximum atomic E-state index is 11.5. The highest BCUT2D eigenvalue weighted by molar-refractivity contribution is 6.08. The van der Waals surface area contributed by atoms with Crippen molar-refractivity contribution in [2.45, 2.75) is 20.3 Å². The van der Waals surface area contributed by atoms with Crippen LogP contribution in [0.5, 0.6) is 0 Å². The van der Waals surface area contributed by atoms with Crippen LogP contribution in [0.25, 0.3) is 0 Å². The molecular weight excluding hydrogens is 160 g/mol. The van der Waals surface area contributed by atoms with Crippen molar-refractivity contribution < 1.29 is 4.79 Å². The van der Waals surface area contributed by atoms with Crippen LogP contribution >= 0.6 is 0 Å². The topological polar surface area (TPSA) is 17.1 Å². The number of rotatable bonds is 1. The third kappa shape index (κ3) is 1.11. The fourth-order valence-electron chi connectivity index (χ4n) is 2.25. The number of hydrogen-bond donors (Lipinski definition) is 0. The van der Waals surface area contributed by atoms with Gasteiger partial charge >= 0.3 is 0 Å². The molecule has 1 fully saturated rings. The van der Waals surface area contributed by atoms with Crippen LogP contribution in [-0.2, 0) is 4.79 Å². The summed E-state index contributed by atoms with van der Waals surface area (Å²) in [5, 5.41) is 0. The highest BCUT2D eigenvalue weighted by Crippen LogP contribution is 2.58. The molecule has 2 aliphatic carbocycles. The monoisotopic (exact) mass is 174 g/mol. The van der Waals surface area contributed by atoms with Gasteiger partial charge in [-0.05, 0) is 37.3 Å². The zero-order valence-corrected chi connectivity index (χ0v) is 8.13. The van der Waals surface area contributed by atoms with Gasteiger partial charge in [-0.25, -0.2) is 0 Å². The fraction of sp³-hybridized carbons (Fsp3) is 0.417. The van der Waals surface area contributed by atoms with Gasteiger partial charge in [-0.1, -0.05) is 18.2 Å². The second-order valence-electron chi connectivity index (χ2n) is 4.14. The van der Waals surface area contributed by atoms with Gasteiger partial charge in [0.1, 0.15) is 0 Å². The third-order valence-corrected chi connectivity index (χ3v) is 3.07. The van der Waals surface area contributed by atoms with Crippen molar-refractivity contribution in [1.29, 1.82) is 0 Å². The number of ketones is 1. The summed E-state index contributed by atoms with van der Waals surface area (Å²) in [6.07, 6.45) is 7.32. The van der Waals surface area contributed by atoms with Gasteiger partial charge in [-0.2, -0.15) is 0 Å². The van der Waals surface area contributed by atoms with Crippen LogP contribution in [-0.4, -0.2) is 5.78 Å². The molecule has 1 nitrogen and oxygen atoms in total. The highest BCUT2D eigenvalue weighted by atomic mass is 16.1. The number of carbonyl (C=O) groups excluding carboxylic acids is 1. The first-order chi connectivity index (χ1) is 6.09. The molecular formula is C12H14O. The predicted molar refractivity (Wildman–Crippen MR) is 53.3 cm³/mol. The van der Waals surface area contributed by atoms with E-state index in [-0.39, 0.29) is 11.2 Å². The van der Waals surface area contributed by atoms with Crippen molar-refractivity contribution in [2.24, 2.45) is 11.3 Å². The average Bonchev–Trinajstić information content (AvgIpc) is 2.74. The van der Waals surface area contributed by atoms with Crippen LogP contribution in [0.3, 0.4) is 0 Å². The van der Waals surface area contributed by atoms with E-state index in [0.717, 1.165) is 17.6 Å². The Kier molecular flexibility index (Phi) is 1.59. The molecule has 0 amide bonds. The standard InChI is InChI=1S/C12H14O/c1-4-10-7-12(10)5-8(2)11(13)9(3)6-12/h4-6,10H,1,7H2,2-3H3. The molecule has 0 aliphatic heterocycles. The van der Waals surface area contributed by atoms with Crippen molar-refractivity contribution in [3.05, 3.63) is 36.0 Å². The minimum atomic E-state index is 0.157. The van der Waals surface area contributed by atoms with Crippen molar-refractivity contribution in [1.82, 2.24) is 0 Å². The summed E-state index contributed by atoms with van der Waals surface area (Å²) in [5.41, 5.74) is 1.94. The van der Waals surface area contributed by atoms with Gasteiger partial charge in [0.2, 0.25) is 0 Å². The molecule has 0 aromatic carbocycles. The van der Waals surface area contributed by atoms with Crippen LogP contribution in [0.1, 0.15) is 20.3 Å². The quantitative estimate of drug-likeness (QED) is 0.558. The summed E-state index contributed by atoms with van der Waals surface area (Å²) in [6.45, 7) is 7.60. The van der Waals surface area contributed by atoms with Crippen LogP contribution < -0.4 is 0 Å². The Bertz CT molecular complexity index is 322.